The van der Waals surface area contributed by atoms with E-state index in [4.69, 9.17) is 25.8 Å². The van der Waals surface area contributed by atoms with E-state index in [1.807, 2.05) is 0 Å². The summed E-state index contributed by atoms with van der Waals surface area (Å²) in [4.78, 5) is 16.9. The molecule has 1 heterocycles. The highest BCUT2D eigenvalue weighted by Crippen LogP contribution is 2.40. The second kappa shape index (κ2) is 11.9. The third-order valence-electron chi connectivity index (χ3n) is 6.69. The van der Waals surface area contributed by atoms with E-state index >= 15 is 0 Å². The van der Waals surface area contributed by atoms with Crippen LogP contribution in [-0.2, 0) is 5.60 Å². The van der Waals surface area contributed by atoms with Gasteiger partial charge in [-0.05, 0) is 74.2 Å². The molecule has 1 aromatic heterocycles. The largest absolute Gasteiger partial charge is 0.494 e. The summed E-state index contributed by atoms with van der Waals surface area (Å²) in [6.07, 6.45) is -1.30. The summed E-state index contributed by atoms with van der Waals surface area (Å²) in [5.74, 6) is -0.872. The standard InChI is InChI=1S/C28H27ClF4N2O5/c1-38-22-11-12-24(35-25(22)16-7-9-20(30)19(29)13-16)27(37,28(31,32)33)15-34-26(36)17-8-10-21(23(14-17)39-2)40-18-5-3-4-6-18/h7-14,18,37H,3-6,15H2,1-2H3,(H,34,36). The van der Waals surface area contributed by atoms with Crippen molar-refractivity contribution in [2.75, 3.05) is 20.8 Å². The summed E-state index contributed by atoms with van der Waals surface area (Å²) in [5, 5.41) is 12.7. The van der Waals surface area contributed by atoms with Crippen molar-refractivity contribution in [3.05, 3.63) is 70.6 Å². The zero-order valence-corrected chi connectivity index (χ0v) is 22.4. The van der Waals surface area contributed by atoms with Crippen molar-refractivity contribution in [2.24, 2.45) is 0 Å². The molecule has 1 amide bonds. The van der Waals surface area contributed by atoms with Gasteiger partial charge in [0.25, 0.3) is 5.91 Å². The SMILES string of the molecule is COc1cc(C(=O)NCC(O)(c2ccc(OC)c(-c3ccc(F)c(Cl)c3)n2)C(F)(F)F)ccc1OC1CCCC1. The van der Waals surface area contributed by atoms with Gasteiger partial charge in [-0.1, -0.05) is 11.6 Å². The number of carbonyl (C=O) groups excluding carboxylic acids is 1. The number of ether oxygens (including phenoxy) is 3. The van der Waals surface area contributed by atoms with Crippen molar-refractivity contribution in [2.45, 2.75) is 43.6 Å². The molecule has 0 radical (unpaired) electrons. The topological polar surface area (TPSA) is 89.9 Å². The molecule has 2 aromatic carbocycles. The molecule has 1 atom stereocenters. The zero-order valence-electron chi connectivity index (χ0n) is 21.6. The highest BCUT2D eigenvalue weighted by atomic mass is 35.5. The van der Waals surface area contributed by atoms with Crippen LogP contribution in [0.2, 0.25) is 5.02 Å². The third kappa shape index (κ3) is 6.10. The van der Waals surface area contributed by atoms with Crippen molar-refractivity contribution in [1.82, 2.24) is 10.3 Å². The minimum atomic E-state index is -5.24. The molecule has 214 valence electrons. The summed E-state index contributed by atoms with van der Waals surface area (Å²) in [6, 6.07) is 9.86. The highest BCUT2D eigenvalue weighted by Gasteiger charge is 2.56. The number of carbonyl (C=O) groups is 1. The Morgan fingerprint density at radius 3 is 2.33 bits per heavy atom. The second-order valence-electron chi connectivity index (χ2n) is 9.31. The van der Waals surface area contributed by atoms with Crippen molar-refractivity contribution < 1.29 is 41.7 Å². The highest BCUT2D eigenvalue weighted by molar-refractivity contribution is 6.31. The number of halogens is 5. The van der Waals surface area contributed by atoms with Crippen LogP contribution in [0.5, 0.6) is 17.2 Å². The van der Waals surface area contributed by atoms with Crippen LogP contribution in [0.3, 0.4) is 0 Å². The van der Waals surface area contributed by atoms with E-state index in [1.54, 1.807) is 0 Å². The van der Waals surface area contributed by atoms with Gasteiger partial charge in [0.2, 0.25) is 5.60 Å². The van der Waals surface area contributed by atoms with Crippen molar-refractivity contribution in [1.29, 1.82) is 0 Å². The van der Waals surface area contributed by atoms with E-state index in [2.05, 4.69) is 10.3 Å². The summed E-state index contributed by atoms with van der Waals surface area (Å²) in [7, 11) is 2.67. The Kier molecular flexibility index (Phi) is 8.74. The van der Waals surface area contributed by atoms with Crippen LogP contribution < -0.4 is 19.5 Å². The van der Waals surface area contributed by atoms with Gasteiger partial charge in [0, 0.05) is 11.1 Å². The molecular weight excluding hydrogens is 556 g/mol. The van der Waals surface area contributed by atoms with Gasteiger partial charge in [-0.3, -0.25) is 4.79 Å². The molecule has 1 fully saturated rings. The molecule has 0 aliphatic heterocycles. The molecule has 0 bridgehead atoms. The van der Waals surface area contributed by atoms with Crippen LogP contribution in [0.1, 0.15) is 41.7 Å². The maximum atomic E-state index is 14.3. The predicted molar refractivity (Wildman–Crippen MR) is 139 cm³/mol. The van der Waals surface area contributed by atoms with Gasteiger partial charge in [-0.2, -0.15) is 13.2 Å². The first-order valence-corrected chi connectivity index (χ1v) is 12.8. The van der Waals surface area contributed by atoms with Gasteiger partial charge < -0.3 is 24.6 Å². The fraction of sp³-hybridized carbons (Fsp3) is 0.357. The summed E-state index contributed by atoms with van der Waals surface area (Å²) in [5.41, 5.74) is -4.34. The average Bonchev–Trinajstić information content (AvgIpc) is 3.45. The minimum absolute atomic E-state index is 0.00415. The number of aromatic nitrogens is 1. The van der Waals surface area contributed by atoms with E-state index < -0.39 is 35.7 Å². The number of hydrogen-bond acceptors (Lipinski definition) is 6. The van der Waals surface area contributed by atoms with Gasteiger partial charge in [0.05, 0.1) is 37.6 Å². The number of hydrogen-bond donors (Lipinski definition) is 2. The number of nitrogens with one attached hydrogen (secondary N) is 1. The molecule has 1 saturated carbocycles. The molecule has 4 rings (SSSR count). The molecular formula is C28H27ClF4N2O5. The molecule has 1 unspecified atom stereocenters. The molecule has 12 heteroatoms. The molecule has 40 heavy (non-hydrogen) atoms. The average molecular weight is 583 g/mol. The number of alkyl halides is 3. The Labute approximate surface area is 233 Å². The fourth-order valence-corrected chi connectivity index (χ4v) is 4.61. The predicted octanol–water partition coefficient (Wildman–Crippen LogP) is 6.06. The molecule has 0 saturated heterocycles. The second-order valence-corrected chi connectivity index (χ2v) is 9.71. The zero-order chi connectivity index (χ0) is 29.1. The van der Waals surface area contributed by atoms with Gasteiger partial charge in [-0.25, -0.2) is 9.37 Å². The lowest BCUT2D eigenvalue weighted by molar-refractivity contribution is -0.265. The van der Waals surface area contributed by atoms with Crippen molar-refractivity contribution in [3.63, 3.8) is 0 Å². The maximum absolute atomic E-state index is 14.3. The van der Waals surface area contributed by atoms with Gasteiger partial charge in [0.1, 0.15) is 17.3 Å². The Bertz CT molecular complexity index is 1380. The lowest BCUT2D eigenvalue weighted by atomic mass is 9.96. The summed E-state index contributed by atoms with van der Waals surface area (Å²) >= 11 is 5.84. The number of amides is 1. The lowest BCUT2D eigenvalue weighted by Crippen LogP contribution is -2.51. The van der Waals surface area contributed by atoms with Gasteiger partial charge in [0.15, 0.2) is 11.5 Å². The Morgan fingerprint density at radius 2 is 1.70 bits per heavy atom. The number of aliphatic hydroxyl groups is 1. The van der Waals surface area contributed by atoms with Crippen LogP contribution in [0.15, 0.2) is 48.5 Å². The molecule has 2 N–H and O–H groups in total. The molecule has 3 aromatic rings. The molecule has 0 spiro atoms. The monoisotopic (exact) mass is 582 g/mol. The van der Waals surface area contributed by atoms with Crippen LogP contribution in [0.4, 0.5) is 17.6 Å². The van der Waals surface area contributed by atoms with Crippen LogP contribution in [0, 0.1) is 5.82 Å². The summed E-state index contributed by atoms with van der Waals surface area (Å²) in [6.45, 7) is -1.25. The summed E-state index contributed by atoms with van der Waals surface area (Å²) < 4.78 is 72.9. The quantitative estimate of drug-likeness (QED) is 0.298. The van der Waals surface area contributed by atoms with Crippen molar-refractivity contribution >= 4 is 17.5 Å². The van der Waals surface area contributed by atoms with Gasteiger partial charge in [-0.15, -0.1) is 0 Å². The smallest absolute Gasteiger partial charge is 0.424 e. The maximum Gasteiger partial charge on any atom is 0.424 e. The molecule has 1 aliphatic rings. The van der Waals surface area contributed by atoms with E-state index in [0.717, 1.165) is 37.8 Å². The van der Waals surface area contributed by atoms with Crippen LogP contribution in [0.25, 0.3) is 11.3 Å². The van der Waals surface area contributed by atoms with Gasteiger partial charge >= 0.3 is 6.18 Å². The Balaban J connectivity index is 1.60. The number of benzene rings is 2. The molecule has 1 aliphatic carbocycles. The van der Waals surface area contributed by atoms with Crippen LogP contribution >= 0.6 is 11.6 Å². The first kappa shape index (κ1) is 29.4. The number of nitrogens with zero attached hydrogens (tertiary/aromatic N) is 1. The first-order chi connectivity index (χ1) is 19.0. The van der Waals surface area contributed by atoms with E-state index in [0.29, 0.717) is 5.75 Å². The Morgan fingerprint density at radius 1 is 1.02 bits per heavy atom. The lowest BCUT2D eigenvalue weighted by Gasteiger charge is -2.30. The first-order valence-electron chi connectivity index (χ1n) is 12.4. The van der Waals surface area contributed by atoms with Crippen LogP contribution in [-0.4, -0.2) is 49.0 Å². The Hall–Kier alpha value is -3.57. The van der Waals surface area contributed by atoms with Crippen molar-refractivity contribution in [3.8, 4) is 28.5 Å². The van der Waals surface area contributed by atoms with E-state index in [1.165, 1.54) is 50.6 Å². The van der Waals surface area contributed by atoms with E-state index in [9.17, 15) is 27.5 Å². The number of methoxy groups -OCH3 is 2. The van der Waals surface area contributed by atoms with E-state index in [-0.39, 0.29) is 39.4 Å². The number of rotatable bonds is 9. The fourth-order valence-electron chi connectivity index (χ4n) is 4.43. The molecule has 7 nitrogen and oxygen atoms in total. The normalized spacial score (nSPS) is 15.4. The number of pyridine rings is 1. The minimum Gasteiger partial charge on any atom is -0.494 e. The third-order valence-corrected chi connectivity index (χ3v) is 6.98.